The van der Waals surface area contributed by atoms with Crippen molar-refractivity contribution in [3.05, 3.63) is 12.2 Å². The highest BCUT2D eigenvalue weighted by Crippen LogP contribution is 2.67. The van der Waals surface area contributed by atoms with Gasteiger partial charge in [-0.15, -0.1) is 0 Å². The summed E-state index contributed by atoms with van der Waals surface area (Å²) in [6.45, 7) is 11.2. The zero-order chi connectivity index (χ0) is 20.3. The molecule has 0 aromatic rings. The zero-order valence-corrected chi connectivity index (χ0v) is 17.7. The number of rotatable bonds is 3. The van der Waals surface area contributed by atoms with Gasteiger partial charge >= 0.3 is 0 Å². The maximum atomic E-state index is 12.6. The molecule has 4 saturated carbocycles. The highest BCUT2D eigenvalue weighted by Gasteiger charge is 2.65. The number of hydrogen-bond acceptors (Lipinski definition) is 5. The van der Waals surface area contributed by atoms with Crippen LogP contribution in [0.1, 0.15) is 72.1 Å². The van der Waals surface area contributed by atoms with Crippen LogP contribution in [0.15, 0.2) is 17.3 Å². The fourth-order valence-electron chi connectivity index (χ4n) is 7.07. The van der Waals surface area contributed by atoms with Crippen LogP contribution in [0.4, 0.5) is 0 Å². The average molecular weight is 389 g/mol. The molecule has 5 heteroatoms. The molecule has 5 nitrogen and oxygen atoms in total. The summed E-state index contributed by atoms with van der Waals surface area (Å²) in [5, 5.41) is 16.1. The summed E-state index contributed by atoms with van der Waals surface area (Å²) in [4.78, 5) is 18.0. The Bertz CT molecular complexity index is 717. The first-order valence-electron chi connectivity index (χ1n) is 11.0. The van der Waals surface area contributed by atoms with Gasteiger partial charge in [0.1, 0.15) is 12.4 Å². The molecule has 7 atom stereocenters. The Balaban J connectivity index is 1.60. The summed E-state index contributed by atoms with van der Waals surface area (Å²) in [6.07, 6.45) is 6.59. The third-order valence-electron chi connectivity index (χ3n) is 8.81. The number of hydrogen-bond donors (Lipinski definition) is 2. The Morgan fingerprint density at radius 3 is 2.71 bits per heavy atom. The molecule has 1 unspecified atom stereocenters. The first kappa shape index (κ1) is 20.1. The van der Waals surface area contributed by atoms with Crippen LogP contribution in [0.2, 0.25) is 0 Å². The molecule has 0 saturated heterocycles. The highest BCUT2D eigenvalue weighted by atomic mass is 16.6. The van der Waals surface area contributed by atoms with Gasteiger partial charge in [0.05, 0.1) is 11.3 Å². The number of carbonyl (C=O) groups is 1. The molecule has 0 aliphatic heterocycles. The van der Waals surface area contributed by atoms with Crippen LogP contribution in [0.3, 0.4) is 0 Å². The number of nitrogens with zero attached hydrogens (tertiary/aromatic N) is 1. The van der Waals surface area contributed by atoms with Crippen LogP contribution in [0.25, 0.3) is 0 Å². The molecule has 0 radical (unpaired) electrons. The molecular formula is C23H36N2O3. The molecule has 4 aliphatic carbocycles. The molecule has 0 aromatic heterocycles. The monoisotopic (exact) mass is 388 g/mol. The molecule has 28 heavy (non-hydrogen) atoms. The quantitative estimate of drug-likeness (QED) is 0.571. The van der Waals surface area contributed by atoms with Crippen molar-refractivity contribution in [3.8, 4) is 0 Å². The van der Waals surface area contributed by atoms with Crippen molar-refractivity contribution in [3.63, 3.8) is 0 Å². The predicted octanol–water partition coefficient (Wildman–Crippen LogP) is 3.60. The molecule has 0 aromatic carbocycles. The highest BCUT2D eigenvalue weighted by molar-refractivity contribution is 5.87. The largest absolute Gasteiger partial charge is 0.394 e. The Kier molecular flexibility index (Phi) is 4.78. The second-order valence-electron chi connectivity index (χ2n) is 10.5. The number of oxime groups is 1. The number of carbonyl (C=O) groups excluding carboxylic acids is 1. The van der Waals surface area contributed by atoms with Crippen molar-refractivity contribution < 1.29 is 14.7 Å². The van der Waals surface area contributed by atoms with Crippen molar-refractivity contribution in [2.24, 2.45) is 39.5 Å². The second kappa shape index (κ2) is 6.66. The summed E-state index contributed by atoms with van der Waals surface area (Å²) < 4.78 is 0. The van der Waals surface area contributed by atoms with Gasteiger partial charge in [-0.3, -0.25) is 4.79 Å². The molecule has 156 valence electrons. The van der Waals surface area contributed by atoms with Gasteiger partial charge in [0.25, 0.3) is 0 Å². The molecule has 0 bridgehead atoms. The Morgan fingerprint density at radius 2 is 2.00 bits per heavy atom. The average Bonchev–Trinajstić information content (AvgIpc) is 2.91. The van der Waals surface area contributed by atoms with Crippen molar-refractivity contribution >= 4 is 11.5 Å². The first-order chi connectivity index (χ1) is 13.1. The van der Waals surface area contributed by atoms with Gasteiger partial charge in [0, 0.05) is 29.7 Å². The predicted molar refractivity (Wildman–Crippen MR) is 110 cm³/mol. The van der Waals surface area contributed by atoms with Crippen LogP contribution < -0.4 is 5.73 Å². The molecule has 3 N–H and O–H groups in total. The van der Waals surface area contributed by atoms with E-state index in [1.54, 1.807) is 0 Å². The third-order valence-corrected chi connectivity index (χ3v) is 8.81. The number of aliphatic hydroxyl groups is 1. The van der Waals surface area contributed by atoms with E-state index in [9.17, 15) is 9.90 Å². The van der Waals surface area contributed by atoms with Crippen LogP contribution in [-0.2, 0) is 9.63 Å². The van der Waals surface area contributed by atoms with E-state index in [1.165, 1.54) is 0 Å². The minimum atomic E-state index is -0.823. The van der Waals surface area contributed by atoms with Crippen molar-refractivity contribution in [2.75, 3.05) is 6.61 Å². The van der Waals surface area contributed by atoms with Crippen LogP contribution in [0, 0.1) is 28.6 Å². The number of nitrogens with two attached hydrogens (primary N) is 1. The Labute approximate surface area is 168 Å². The van der Waals surface area contributed by atoms with Gasteiger partial charge in [-0.1, -0.05) is 31.2 Å². The third kappa shape index (κ3) is 2.80. The first-order valence-corrected chi connectivity index (χ1v) is 11.0. The number of ketones is 1. The van der Waals surface area contributed by atoms with Gasteiger partial charge in [-0.05, 0) is 63.2 Å². The Hall–Kier alpha value is -1.20. The fraction of sp³-hybridized carbons (Fsp3) is 0.826. The lowest BCUT2D eigenvalue weighted by Crippen LogP contribution is -2.63. The SMILES string of the molecule is C=C1C[C@@]2(O)C/C(=N\OCC(C)N)CC[C@]2(C)[C@H]2CC[C@]3(C)C(=O)CC[C@H]3[C@H]12. The summed E-state index contributed by atoms with van der Waals surface area (Å²) in [5.41, 5.74) is 6.66. The zero-order valence-electron chi connectivity index (χ0n) is 17.7. The topological polar surface area (TPSA) is 84.9 Å². The minimum absolute atomic E-state index is 0.0535. The van der Waals surface area contributed by atoms with Gasteiger partial charge < -0.3 is 15.7 Å². The lowest BCUT2D eigenvalue weighted by atomic mass is 9.43. The maximum Gasteiger partial charge on any atom is 0.139 e. The fourth-order valence-corrected chi connectivity index (χ4v) is 7.07. The van der Waals surface area contributed by atoms with E-state index >= 15 is 0 Å². The molecule has 0 amide bonds. The summed E-state index contributed by atoms with van der Waals surface area (Å²) in [6, 6.07) is -0.0535. The van der Waals surface area contributed by atoms with E-state index in [-0.39, 0.29) is 16.9 Å². The van der Waals surface area contributed by atoms with E-state index in [2.05, 4.69) is 25.6 Å². The lowest BCUT2D eigenvalue weighted by Gasteiger charge is -2.63. The molecule has 4 aliphatic rings. The van der Waals surface area contributed by atoms with Gasteiger partial charge in [-0.2, -0.15) is 0 Å². The second-order valence-corrected chi connectivity index (χ2v) is 10.5. The molecule has 0 heterocycles. The summed E-state index contributed by atoms with van der Waals surface area (Å²) >= 11 is 0. The lowest BCUT2D eigenvalue weighted by molar-refractivity contribution is -0.170. The molecular weight excluding hydrogens is 352 g/mol. The summed E-state index contributed by atoms with van der Waals surface area (Å²) in [7, 11) is 0. The smallest absolute Gasteiger partial charge is 0.139 e. The molecule has 0 spiro atoms. The van der Waals surface area contributed by atoms with Crippen LogP contribution in [0.5, 0.6) is 0 Å². The van der Waals surface area contributed by atoms with Gasteiger partial charge in [0.2, 0.25) is 0 Å². The van der Waals surface area contributed by atoms with E-state index in [4.69, 9.17) is 10.6 Å². The van der Waals surface area contributed by atoms with Gasteiger partial charge in [0.15, 0.2) is 0 Å². The van der Waals surface area contributed by atoms with Crippen molar-refractivity contribution in [2.45, 2.75) is 83.8 Å². The van der Waals surface area contributed by atoms with Gasteiger partial charge in [-0.25, -0.2) is 0 Å². The van der Waals surface area contributed by atoms with Crippen LogP contribution >= 0.6 is 0 Å². The van der Waals surface area contributed by atoms with E-state index in [1.807, 2.05) is 6.92 Å². The Morgan fingerprint density at radius 1 is 1.25 bits per heavy atom. The van der Waals surface area contributed by atoms with E-state index in [0.29, 0.717) is 49.4 Å². The number of fused-ring (bicyclic) bond motifs is 5. The van der Waals surface area contributed by atoms with E-state index < -0.39 is 5.60 Å². The number of Topliss-reactive ketones (excluding diaryl/α,β-unsaturated/α-hetero) is 1. The van der Waals surface area contributed by atoms with Crippen molar-refractivity contribution in [1.29, 1.82) is 0 Å². The van der Waals surface area contributed by atoms with Crippen molar-refractivity contribution in [1.82, 2.24) is 0 Å². The molecule has 4 fully saturated rings. The van der Waals surface area contributed by atoms with E-state index in [0.717, 1.165) is 43.4 Å². The standard InChI is InChI=1S/C23H36N2O3/c1-14-11-23(27)12-16(25-28-13-15(2)24)7-10-22(23,4)18-8-9-21(3)17(20(14)18)5-6-19(21)26/h15,17-18,20,27H,1,5-13,24H2,2-4H3/b25-16-/t15?,17-,18-,20-,21-,22+,23+/m0/s1. The maximum absolute atomic E-state index is 12.6. The molecule has 4 rings (SSSR count). The van der Waals surface area contributed by atoms with Crippen LogP contribution in [-0.4, -0.2) is 34.9 Å². The summed E-state index contributed by atoms with van der Waals surface area (Å²) in [5.74, 6) is 1.61. The normalized spacial score (nSPS) is 48.0. The minimum Gasteiger partial charge on any atom is -0.394 e.